The van der Waals surface area contributed by atoms with Crippen molar-refractivity contribution in [1.29, 1.82) is 0 Å². The molecule has 2 aromatic carbocycles. The first-order valence-corrected chi connectivity index (χ1v) is 12.2. The Kier molecular flexibility index (Phi) is 6.67. The standard InChI is InChI=1S/C22H32O5Si/c1-22(2,3)28(7,8)27-17-12-10-9-11-16(17)20(23)15-13-18(24-4)21(26-6)19(14-15)25-5/h9-14,20,23H,1-8H3. The molecule has 0 aliphatic carbocycles. The number of aliphatic hydroxyl groups is 1. The molecule has 154 valence electrons. The van der Waals surface area contributed by atoms with Gasteiger partial charge in [-0.1, -0.05) is 39.0 Å². The van der Waals surface area contributed by atoms with Crippen LogP contribution in [-0.2, 0) is 0 Å². The van der Waals surface area contributed by atoms with Gasteiger partial charge < -0.3 is 23.7 Å². The lowest BCUT2D eigenvalue weighted by atomic mass is 10.00. The van der Waals surface area contributed by atoms with Crippen LogP contribution < -0.4 is 18.6 Å². The van der Waals surface area contributed by atoms with Crippen molar-refractivity contribution in [3.05, 3.63) is 47.5 Å². The predicted molar refractivity (Wildman–Crippen MR) is 114 cm³/mol. The van der Waals surface area contributed by atoms with E-state index in [0.717, 1.165) is 0 Å². The van der Waals surface area contributed by atoms with Gasteiger partial charge in [-0.2, -0.15) is 0 Å². The topological polar surface area (TPSA) is 57.2 Å². The van der Waals surface area contributed by atoms with Gasteiger partial charge >= 0.3 is 0 Å². The maximum Gasteiger partial charge on any atom is 0.250 e. The van der Waals surface area contributed by atoms with Crippen molar-refractivity contribution < 1.29 is 23.7 Å². The van der Waals surface area contributed by atoms with Gasteiger partial charge in [0.25, 0.3) is 0 Å². The molecule has 0 saturated carbocycles. The van der Waals surface area contributed by atoms with Crippen LogP contribution in [0.25, 0.3) is 0 Å². The lowest BCUT2D eigenvalue weighted by Crippen LogP contribution is -2.44. The van der Waals surface area contributed by atoms with Crippen molar-refractivity contribution in [2.75, 3.05) is 21.3 Å². The number of benzene rings is 2. The van der Waals surface area contributed by atoms with Crippen molar-refractivity contribution >= 4 is 8.32 Å². The normalized spacial score (nSPS) is 13.0. The molecule has 0 amide bonds. The molecule has 0 bridgehead atoms. The maximum absolute atomic E-state index is 11.2. The second-order valence-electron chi connectivity index (χ2n) is 8.26. The number of rotatable bonds is 7. The van der Waals surface area contributed by atoms with Crippen molar-refractivity contribution in [1.82, 2.24) is 0 Å². The third-order valence-electron chi connectivity index (χ3n) is 5.39. The molecule has 1 N–H and O–H groups in total. The highest BCUT2D eigenvalue weighted by molar-refractivity contribution is 6.74. The fourth-order valence-corrected chi connectivity index (χ4v) is 3.71. The molecule has 0 spiro atoms. The summed E-state index contributed by atoms with van der Waals surface area (Å²) in [6.45, 7) is 11.0. The largest absolute Gasteiger partial charge is 0.543 e. The van der Waals surface area contributed by atoms with Crippen molar-refractivity contribution in [3.8, 4) is 23.0 Å². The number of hydrogen-bond donors (Lipinski definition) is 1. The van der Waals surface area contributed by atoms with E-state index in [0.29, 0.717) is 34.1 Å². The average molecular weight is 405 g/mol. The van der Waals surface area contributed by atoms with Crippen LogP contribution in [0.2, 0.25) is 18.1 Å². The summed E-state index contributed by atoms with van der Waals surface area (Å²) in [7, 11) is 2.61. The van der Waals surface area contributed by atoms with Gasteiger partial charge in [0.15, 0.2) is 11.5 Å². The first-order chi connectivity index (χ1) is 13.1. The van der Waals surface area contributed by atoms with E-state index < -0.39 is 14.4 Å². The second kappa shape index (κ2) is 8.45. The van der Waals surface area contributed by atoms with Crippen molar-refractivity contribution in [2.24, 2.45) is 0 Å². The Hall–Kier alpha value is -2.18. The van der Waals surface area contributed by atoms with Crippen LogP contribution in [-0.4, -0.2) is 34.8 Å². The Morgan fingerprint density at radius 1 is 0.857 bits per heavy atom. The highest BCUT2D eigenvalue weighted by Gasteiger charge is 2.39. The van der Waals surface area contributed by atoms with Crippen LogP contribution in [0.3, 0.4) is 0 Å². The molecule has 28 heavy (non-hydrogen) atoms. The Balaban J connectivity index is 2.50. The smallest absolute Gasteiger partial charge is 0.250 e. The molecular weight excluding hydrogens is 372 g/mol. The minimum absolute atomic E-state index is 0.0532. The Bertz CT molecular complexity index is 786. The molecule has 5 nitrogen and oxygen atoms in total. The predicted octanol–water partition coefficient (Wildman–Crippen LogP) is 5.18. The highest BCUT2D eigenvalue weighted by Crippen LogP contribution is 2.43. The summed E-state index contributed by atoms with van der Waals surface area (Å²) in [6, 6.07) is 11.1. The number of ether oxygens (including phenoxy) is 3. The molecule has 6 heteroatoms. The van der Waals surface area contributed by atoms with Gasteiger partial charge in [0, 0.05) is 5.56 Å². The molecule has 2 rings (SSSR count). The van der Waals surface area contributed by atoms with E-state index in [4.69, 9.17) is 18.6 Å². The van der Waals surface area contributed by atoms with Gasteiger partial charge in [-0.05, 0) is 41.9 Å². The zero-order valence-corrected chi connectivity index (χ0v) is 19.1. The number of para-hydroxylation sites is 1. The van der Waals surface area contributed by atoms with Crippen LogP contribution in [0.1, 0.15) is 38.0 Å². The van der Waals surface area contributed by atoms with Crippen LogP contribution in [0, 0.1) is 0 Å². The summed E-state index contributed by atoms with van der Waals surface area (Å²) in [5, 5.41) is 11.2. The van der Waals surface area contributed by atoms with Crippen LogP contribution in [0.5, 0.6) is 23.0 Å². The lowest BCUT2D eigenvalue weighted by molar-refractivity contribution is 0.215. The fraction of sp³-hybridized carbons (Fsp3) is 0.455. The molecule has 2 aromatic rings. The minimum Gasteiger partial charge on any atom is -0.543 e. The molecule has 0 saturated heterocycles. The summed E-state index contributed by atoms with van der Waals surface area (Å²) in [6.07, 6.45) is -0.894. The van der Waals surface area contributed by atoms with E-state index in [-0.39, 0.29) is 5.04 Å². The highest BCUT2D eigenvalue weighted by atomic mass is 28.4. The lowest BCUT2D eigenvalue weighted by Gasteiger charge is -2.37. The summed E-state index contributed by atoms with van der Waals surface area (Å²) in [5.74, 6) is 2.19. The first-order valence-electron chi connectivity index (χ1n) is 9.31. The molecule has 0 aromatic heterocycles. The monoisotopic (exact) mass is 404 g/mol. The maximum atomic E-state index is 11.2. The van der Waals surface area contributed by atoms with E-state index in [1.807, 2.05) is 24.3 Å². The van der Waals surface area contributed by atoms with Gasteiger partial charge in [-0.25, -0.2) is 0 Å². The van der Waals surface area contributed by atoms with Crippen molar-refractivity contribution in [2.45, 2.75) is 45.0 Å². The SMILES string of the molecule is COc1cc(C(O)c2ccccc2O[Si](C)(C)C(C)(C)C)cc(OC)c1OC. The van der Waals surface area contributed by atoms with E-state index in [1.165, 1.54) is 0 Å². The van der Waals surface area contributed by atoms with E-state index in [9.17, 15) is 5.11 Å². The number of aliphatic hydroxyl groups excluding tert-OH is 1. The third-order valence-corrected chi connectivity index (χ3v) is 9.73. The van der Waals surface area contributed by atoms with Gasteiger partial charge in [0.1, 0.15) is 11.9 Å². The summed E-state index contributed by atoms with van der Waals surface area (Å²) >= 11 is 0. The fourth-order valence-electron chi connectivity index (χ4n) is 2.67. The molecular formula is C22H32O5Si. The summed E-state index contributed by atoms with van der Waals surface area (Å²) in [5.41, 5.74) is 1.35. The van der Waals surface area contributed by atoms with Crippen LogP contribution in [0.4, 0.5) is 0 Å². The van der Waals surface area contributed by atoms with E-state index in [1.54, 1.807) is 33.5 Å². The molecule has 1 atom stereocenters. The quantitative estimate of drug-likeness (QED) is 0.645. The van der Waals surface area contributed by atoms with E-state index in [2.05, 4.69) is 33.9 Å². The molecule has 1 unspecified atom stereocenters. The minimum atomic E-state index is -2.05. The van der Waals surface area contributed by atoms with E-state index >= 15 is 0 Å². The van der Waals surface area contributed by atoms with Crippen LogP contribution >= 0.6 is 0 Å². The van der Waals surface area contributed by atoms with Crippen LogP contribution in [0.15, 0.2) is 36.4 Å². The number of methoxy groups -OCH3 is 3. The third kappa shape index (κ3) is 4.44. The first kappa shape index (κ1) is 22.1. The molecule has 0 radical (unpaired) electrons. The molecule has 0 fully saturated rings. The van der Waals surface area contributed by atoms with Gasteiger partial charge in [0.05, 0.1) is 21.3 Å². The summed E-state index contributed by atoms with van der Waals surface area (Å²) < 4.78 is 22.7. The van der Waals surface area contributed by atoms with Gasteiger partial charge in [0.2, 0.25) is 14.1 Å². The summed E-state index contributed by atoms with van der Waals surface area (Å²) in [4.78, 5) is 0. The van der Waals surface area contributed by atoms with Crippen molar-refractivity contribution in [3.63, 3.8) is 0 Å². The molecule has 0 aliphatic heterocycles. The molecule has 0 heterocycles. The average Bonchev–Trinajstić information content (AvgIpc) is 2.65. The zero-order valence-electron chi connectivity index (χ0n) is 18.1. The van der Waals surface area contributed by atoms with Gasteiger partial charge in [-0.15, -0.1) is 0 Å². The Morgan fingerprint density at radius 3 is 1.86 bits per heavy atom. The van der Waals surface area contributed by atoms with Gasteiger partial charge in [-0.3, -0.25) is 0 Å². The Labute approximate surface area is 169 Å². The number of hydrogen-bond acceptors (Lipinski definition) is 5. The molecule has 0 aliphatic rings. The Morgan fingerprint density at radius 2 is 1.39 bits per heavy atom. The second-order valence-corrected chi connectivity index (χ2v) is 13.0. The zero-order chi connectivity index (χ0) is 21.1.